The van der Waals surface area contributed by atoms with E-state index in [0.717, 1.165) is 21.3 Å². The van der Waals surface area contributed by atoms with E-state index in [1.54, 1.807) is 0 Å². The Labute approximate surface area is 120 Å². The average molecular weight is 293 g/mol. The Morgan fingerprint density at radius 1 is 1.00 bits per heavy atom. The minimum absolute atomic E-state index is 0.283. The summed E-state index contributed by atoms with van der Waals surface area (Å²) in [7, 11) is 3.27. The van der Waals surface area contributed by atoms with Crippen molar-refractivity contribution in [2.75, 3.05) is 21.3 Å². The average Bonchev–Trinajstić information content (AvgIpc) is 2.54. The number of imide groups is 1. The molecule has 0 atom stereocenters. The first-order valence-corrected chi connectivity index (χ1v) is 5.64. The highest BCUT2D eigenvalue weighted by Crippen LogP contribution is 2.10. The highest BCUT2D eigenvalue weighted by atomic mass is 16.6. The van der Waals surface area contributed by atoms with Crippen LogP contribution < -0.4 is 0 Å². The van der Waals surface area contributed by atoms with Crippen molar-refractivity contribution in [3.63, 3.8) is 0 Å². The molecule has 1 rings (SSSR count). The number of methoxy groups -OCH3 is 3. The van der Waals surface area contributed by atoms with Crippen LogP contribution in [0, 0.1) is 6.07 Å². The van der Waals surface area contributed by atoms with Gasteiger partial charge in [-0.05, 0) is 6.07 Å². The highest BCUT2D eigenvalue weighted by Gasteiger charge is 2.30. The fourth-order valence-corrected chi connectivity index (χ4v) is 1.34. The molecule has 0 bridgehead atoms. The summed E-state index contributed by atoms with van der Waals surface area (Å²) in [6.07, 6.45) is -3.11. The summed E-state index contributed by atoms with van der Waals surface area (Å²) in [6, 6.07) is 8.80. The second kappa shape index (κ2) is 7.63. The van der Waals surface area contributed by atoms with Crippen molar-refractivity contribution in [1.29, 1.82) is 0 Å². The molecule has 8 heteroatoms. The monoisotopic (exact) mass is 293 g/mol. The molecule has 0 aliphatic heterocycles. The van der Waals surface area contributed by atoms with Gasteiger partial charge in [-0.1, -0.05) is 24.3 Å². The number of amidine groups is 1. The zero-order chi connectivity index (χ0) is 15.8. The molecule has 0 aromatic heterocycles. The van der Waals surface area contributed by atoms with Gasteiger partial charge in [0.2, 0.25) is 0 Å². The maximum absolute atomic E-state index is 11.8. The number of hydrogen-bond acceptors (Lipinski definition) is 6. The summed E-state index contributed by atoms with van der Waals surface area (Å²) >= 11 is 0. The Hall–Kier alpha value is -2.90. The molecule has 0 aliphatic carbocycles. The van der Waals surface area contributed by atoms with E-state index < -0.39 is 18.3 Å². The largest absolute Gasteiger partial charge is 0.452 e. The van der Waals surface area contributed by atoms with Gasteiger partial charge in [0.1, 0.15) is 0 Å². The van der Waals surface area contributed by atoms with Crippen LogP contribution in [0.2, 0.25) is 0 Å². The maximum atomic E-state index is 11.8. The van der Waals surface area contributed by atoms with Gasteiger partial charge >= 0.3 is 18.3 Å². The van der Waals surface area contributed by atoms with Gasteiger partial charge in [0, 0.05) is 5.56 Å². The summed E-state index contributed by atoms with van der Waals surface area (Å²) in [5, 5.41) is 0. The first-order valence-electron chi connectivity index (χ1n) is 5.64. The van der Waals surface area contributed by atoms with Crippen molar-refractivity contribution in [2.24, 2.45) is 4.99 Å². The molecule has 3 amide bonds. The second-order valence-electron chi connectivity index (χ2n) is 3.47. The highest BCUT2D eigenvalue weighted by molar-refractivity contribution is 6.17. The minimum atomic E-state index is -1.06. The van der Waals surface area contributed by atoms with Crippen molar-refractivity contribution in [1.82, 2.24) is 4.90 Å². The molecule has 0 saturated carbocycles. The molecule has 0 unspecified atom stereocenters. The van der Waals surface area contributed by atoms with E-state index in [-0.39, 0.29) is 5.84 Å². The van der Waals surface area contributed by atoms with Crippen molar-refractivity contribution in [3.8, 4) is 0 Å². The summed E-state index contributed by atoms with van der Waals surface area (Å²) in [5.41, 5.74) is 0.301. The summed E-state index contributed by atoms with van der Waals surface area (Å²) in [5.74, 6) is -0.283. The minimum Gasteiger partial charge on any atom is -0.452 e. The fraction of sp³-hybridized carbons (Fsp3) is 0.231. The molecule has 1 aromatic carbocycles. The molecule has 0 saturated heterocycles. The van der Waals surface area contributed by atoms with E-state index in [0.29, 0.717) is 10.5 Å². The molecule has 1 radical (unpaired) electrons. The van der Waals surface area contributed by atoms with Gasteiger partial charge in [-0.15, -0.1) is 0 Å². The summed E-state index contributed by atoms with van der Waals surface area (Å²) in [6.45, 7) is 0. The number of rotatable bonds is 1. The Kier molecular flexibility index (Phi) is 5.87. The molecule has 111 valence electrons. The number of carbonyl (C=O) groups is 3. The molecule has 0 heterocycles. The SMILES string of the molecule is COC(=O)N=C(c1cc[c]cc1)N(C(=O)OC)C(=O)OC. The van der Waals surface area contributed by atoms with Gasteiger partial charge in [-0.3, -0.25) is 0 Å². The van der Waals surface area contributed by atoms with Crippen molar-refractivity contribution >= 4 is 24.1 Å². The van der Waals surface area contributed by atoms with Crippen LogP contribution >= 0.6 is 0 Å². The molecule has 0 spiro atoms. The zero-order valence-electron chi connectivity index (χ0n) is 11.7. The topological polar surface area (TPSA) is 94.5 Å². The number of benzene rings is 1. The van der Waals surface area contributed by atoms with Crippen LogP contribution in [0.3, 0.4) is 0 Å². The van der Waals surface area contributed by atoms with E-state index >= 15 is 0 Å². The van der Waals surface area contributed by atoms with Crippen molar-refractivity contribution in [3.05, 3.63) is 35.9 Å². The normalized spacial score (nSPS) is 10.5. The standard InChI is InChI=1S/C13H13N2O6/c1-19-11(16)14-10(9-7-5-4-6-8-9)15(12(17)20-2)13(18)21-3/h5-8H,1-3H3. The first-order chi connectivity index (χ1) is 10.0. The Balaban J connectivity index is 3.39. The summed E-state index contributed by atoms with van der Waals surface area (Å²) in [4.78, 5) is 38.9. The number of nitrogens with zero attached hydrogens (tertiary/aromatic N) is 2. The molecule has 0 N–H and O–H groups in total. The first kappa shape index (κ1) is 16.2. The Morgan fingerprint density at radius 2 is 1.52 bits per heavy atom. The van der Waals surface area contributed by atoms with Crippen LogP contribution in [-0.2, 0) is 14.2 Å². The van der Waals surface area contributed by atoms with Crippen LogP contribution in [0.5, 0.6) is 0 Å². The van der Waals surface area contributed by atoms with E-state index in [4.69, 9.17) is 0 Å². The number of carbonyl (C=O) groups excluding carboxylic acids is 3. The molecule has 0 aliphatic rings. The van der Waals surface area contributed by atoms with Crippen molar-refractivity contribution < 1.29 is 28.6 Å². The lowest BCUT2D eigenvalue weighted by Gasteiger charge is -2.19. The Bertz CT molecular complexity index is 539. The van der Waals surface area contributed by atoms with Crippen LogP contribution in [0.25, 0.3) is 0 Å². The lowest BCUT2D eigenvalue weighted by molar-refractivity contribution is 0.120. The van der Waals surface area contributed by atoms with Gasteiger partial charge in [-0.25, -0.2) is 14.4 Å². The van der Waals surface area contributed by atoms with E-state index in [9.17, 15) is 14.4 Å². The molecular formula is C13H13N2O6. The number of amides is 3. The van der Waals surface area contributed by atoms with E-state index in [2.05, 4.69) is 25.3 Å². The maximum Gasteiger partial charge on any atom is 0.435 e. The lowest BCUT2D eigenvalue weighted by atomic mass is 10.2. The van der Waals surface area contributed by atoms with Gasteiger partial charge in [-0.2, -0.15) is 9.89 Å². The smallest absolute Gasteiger partial charge is 0.435 e. The molecular weight excluding hydrogens is 280 g/mol. The lowest BCUT2D eigenvalue weighted by Crippen LogP contribution is -2.42. The Morgan fingerprint density at radius 3 is 1.95 bits per heavy atom. The zero-order valence-corrected chi connectivity index (χ0v) is 11.7. The van der Waals surface area contributed by atoms with Gasteiger partial charge in [0.15, 0.2) is 5.84 Å². The number of ether oxygens (including phenoxy) is 3. The predicted octanol–water partition coefficient (Wildman–Crippen LogP) is 1.83. The van der Waals surface area contributed by atoms with Crippen molar-refractivity contribution in [2.45, 2.75) is 0 Å². The third kappa shape index (κ3) is 4.03. The van der Waals surface area contributed by atoms with Gasteiger partial charge in [0.25, 0.3) is 0 Å². The van der Waals surface area contributed by atoms with Crippen LogP contribution in [0.15, 0.2) is 29.3 Å². The molecule has 8 nitrogen and oxygen atoms in total. The molecule has 0 fully saturated rings. The summed E-state index contributed by atoms with van der Waals surface area (Å²) < 4.78 is 13.4. The third-order valence-corrected chi connectivity index (χ3v) is 2.27. The van der Waals surface area contributed by atoms with Gasteiger partial charge < -0.3 is 14.2 Å². The van der Waals surface area contributed by atoms with E-state index in [1.165, 1.54) is 24.3 Å². The van der Waals surface area contributed by atoms with Crippen LogP contribution in [0.4, 0.5) is 14.4 Å². The molecule has 1 aromatic rings. The van der Waals surface area contributed by atoms with Gasteiger partial charge in [0.05, 0.1) is 21.3 Å². The van der Waals surface area contributed by atoms with Crippen LogP contribution in [0.1, 0.15) is 5.56 Å². The predicted molar refractivity (Wildman–Crippen MR) is 70.9 cm³/mol. The fourth-order valence-electron chi connectivity index (χ4n) is 1.34. The second-order valence-corrected chi connectivity index (χ2v) is 3.47. The number of hydrogen-bond donors (Lipinski definition) is 0. The van der Waals surface area contributed by atoms with E-state index in [1.807, 2.05) is 0 Å². The quantitative estimate of drug-likeness (QED) is 0.445. The third-order valence-electron chi connectivity index (χ3n) is 2.27. The number of aliphatic imine (C=N–C) groups is 1. The van der Waals surface area contributed by atoms with Crippen LogP contribution in [-0.4, -0.2) is 50.3 Å². The molecule has 21 heavy (non-hydrogen) atoms.